The predicted molar refractivity (Wildman–Crippen MR) is 61.5 cm³/mol. The molecule has 1 N–H and O–H groups in total. The molecule has 5 nitrogen and oxygen atoms in total. The summed E-state index contributed by atoms with van der Waals surface area (Å²) in [6.07, 6.45) is 2.33. The van der Waals surface area contributed by atoms with Gasteiger partial charge in [0.2, 0.25) is 5.91 Å². The molecule has 2 heterocycles. The van der Waals surface area contributed by atoms with Crippen molar-refractivity contribution in [1.29, 1.82) is 0 Å². The fourth-order valence-corrected chi connectivity index (χ4v) is 2.15. The van der Waals surface area contributed by atoms with E-state index in [0.29, 0.717) is 12.3 Å². The van der Waals surface area contributed by atoms with Crippen molar-refractivity contribution in [2.75, 3.05) is 20.1 Å². The Kier molecular flexibility index (Phi) is 3.28. The van der Waals surface area contributed by atoms with E-state index in [2.05, 4.69) is 5.32 Å². The molecule has 0 fully saturated rings. The first-order chi connectivity index (χ1) is 8.13. The van der Waals surface area contributed by atoms with Crippen LogP contribution in [-0.4, -0.2) is 36.7 Å². The minimum atomic E-state index is -0.484. The van der Waals surface area contributed by atoms with Crippen LogP contribution >= 0.6 is 0 Å². The maximum Gasteiger partial charge on any atom is 0.247 e. The van der Waals surface area contributed by atoms with E-state index in [1.807, 2.05) is 6.07 Å². The summed E-state index contributed by atoms with van der Waals surface area (Å²) in [5, 5.41) is 2.94. The van der Waals surface area contributed by atoms with Crippen LogP contribution in [0.25, 0.3) is 0 Å². The summed E-state index contributed by atoms with van der Waals surface area (Å²) in [4.78, 5) is 24.9. The second-order valence-electron chi connectivity index (χ2n) is 4.24. The minimum absolute atomic E-state index is 0.00766. The van der Waals surface area contributed by atoms with Crippen LogP contribution in [0.1, 0.15) is 24.3 Å². The van der Waals surface area contributed by atoms with Crippen molar-refractivity contribution in [3.63, 3.8) is 0 Å². The van der Waals surface area contributed by atoms with Gasteiger partial charge in [-0.05, 0) is 32.0 Å². The Morgan fingerprint density at radius 2 is 2.41 bits per heavy atom. The summed E-state index contributed by atoms with van der Waals surface area (Å²) in [6, 6.07) is 1.39. The minimum Gasteiger partial charge on any atom is -0.467 e. The number of hydrogen-bond donors (Lipinski definition) is 1. The molecule has 1 aliphatic heterocycles. The van der Waals surface area contributed by atoms with E-state index in [0.717, 1.165) is 12.0 Å². The van der Waals surface area contributed by atoms with Gasteiger partial charge in [0.1, 0.15) is 17.6 Å². The summed E-state index contributed by atoms with van der Waals surface area (Å²) < 4.78 is 5.37. The first kappa shape index (κ1) is 11.9. The normalized spacial score (nSPS) is 20.0. The molecule has 1 amide bonds. The van der Waals surface area contributed by atoms with Crippen molar-refractivity contribution in [3.8, 4) is 0 Å². The molecule has 0 aromatic carbocycles. The van der Waals surface area contributed by atoms with Gasteiger partial charge >= 0.3 is 0 Å². The van der Waals surface area contributed by atoms with E-state index in [1.165, 1.54) is 6.92 Å². The smallest absolute Gasteiger partial charge is 0.247 e. The summed E-state index contributed by atoms with van der Waals surface area (Å²) in [5.41, 5.74) is 1.03. The van der Waals surface area contributed by atoms with Crippen molar-refractivity contribution in [1.82, 2.24) is 10.2 Å². The number of carbonyl (C=O) groups excluding carboxylic acids is 2. The lowest BCUT2D eigenvalue weighted by molar-refractivity contribution is -0.136. The van der Waals surface area contributed by atoms with Crippen molar-refractivity contribution in [2.45, 2.75) is 19.4 Å². The molecule has 1 unspecified atom stereocenters. The zero-order chi connectivity index (χ0) is 12.4. The topological polar surface area (TPSA) is 62.6 Å². The highest BCUT2D eigenvalue weighted by molar-refractivity contribution is 5.88. The molecule has 0 saturated heterocycles. The Balaban J connectivity index is 2.28. The Morgan fingerprint density at radius 3 is 3.06 bits per heavy atom. The molecule has 0 bridgehead atoms. The largest absolute Gasteiger partial charge is 0.467 e. The van der Waals surface area contributed by atoms with Gasteiger partial charge < -0.3 is 14.6 Å². The highest BCUT2D eigenvalue weighted by atomic mass is 16.3. The zero-order valence-corrected chi connectivity index (χ0v) is 10.0. The molecule has 0 saturated carbocycles. The number of nitrogens with one attached hydrogen (secondary N) is 1. The van der Waals surface area contributed by atoms with Gasteiger partial charge in [0.15, 0.2) is 0 Å². The number of hydrogen-bond acceptors (Lipinski definition) is 4. The molecular weight excluding hydrogens is 220 g/mol. The molecular formula is C12H16N2O3. The highest BCUT2D eigenvalue weighted by Crippen LogP contribution is 2.25. The molecule has 1 atom stereocenters. The third-order valence-corrected chi connectivity index (χ3v) is 2.95. The van der Waals surface area contributed by atoms with Gasteiger partial charge in [-0.15, -0.1) is 0 Å². The molecule has 17 heavy (non-hydrogen) atoms. The van der Waals surface area contributed by atoms with E-state index in [-0.39, 0.29) is 18.2 Å². The van der Waals surface area contributed by atoms with Gasteiger partial charge in [0.25, 0.3) is 0 Å². The Hall–Kier alpha value is -1.62. The molecule has 1 aromatic heterocycles. The Labute approximate surface area is 99.8 Å². The predicted octanol–water partition coefficient (Wildman–Crippen LogP) is 0.514. The van der Waals surface area contributed by atoms with Crippen LogP contribution < -0.4 is 5.32 Å². The molecule has 1 aliphatic rings. The molecule has 0 spiro atoms. The van der Waals surface area contributed by atoms with Gasteiger partial charge in [-0.2, -0.15) is 0 Å². The molecule has 1 aromatic rings. The number of furan rings is 1. The van der Waals surface area contributed by atoms with Gasteiger partial charge in [-0.3, -0.25) is 9.59 Å². The fourth-order valence-electron chi connectivity index (χ4n) is 2.15. The van der Waals surface area contributed by atoms with Crippen molar-refractivity contribution in [3.05, 3.63) is 23.7 Å². The number of carbonyl (C=O) groups is 2. The number of ketones is 1. The van der Waals surface area contributed by atoms with Crippen LogP contribution in [0.4, 0.5) is 0 Å². The van der Waals surface area contributed by atoms with E-state index in [4.69, 9.17) is 4.42 Å². The first-order valence-electron chi connectivity index (χ1n) is 5.65. The van der Waals surface area contributed by atoms with E-state index in [1.54, 1.807) is 18.2 Å². The highest BCUT2D eigenvalue weighted by Gasteiger charge is 2.32. The van der Waals surface area contributed by atoms with Gasteiger partial charge in [-0.1, -0.05) is 0 Å². The molecule has 2 rings (SSSR count). The van der Waals surface area contributed by atoms with E-state index in [9.17, 15) is 9.59 Å². The molecule has 0 radical (unpaired) electrons. The van der Waals surface area contributed by atoms with Crippen molar-refractivity contribution < 1.29 is 14.0 Å². The summed E-state index contributed by atoms with van der Waals surface area (Å²) in [5.74, 6) is 0.562. The standard InChI is InChI=1S/C12H16N2O3/c1-8(15)7-14-5-3-9-4-6-17-11(9)10(13-2)12(14)16/h4,6,10,13H,3,5,7H2,1-2H3. The number of Topliss-reactive ketones (excluding diaryl/α,β-unsaturated/α-hetero) is 1. The van der Waals surface area contributed by atoms with Crippen molar-refractivity contribution >= 4 is 11.7 Å². The van der Waals surface area contributed by atoms with Gasteiger partial charge in [-0.25, -0.2) is 0 Å². The second kappa shape index (κ2) is 4.71. The monoisotopic (exact) mass is 236 g/mol. The number of rotatable bonds is 3. The average molecular weight is 236 g/mol. The second-order valence-corrected chi connectivity index (χ2v) is 4.24. The molecule has 0 aliphatic carbocycles. The Morgan fingerprint density at radius 1 is 1.65 bits per heavy atom. The third kappa shape index (κ3) is 2.24. The van der Waals surface area contributed by atoms with Crippen LogP contribution in [-0.2, 0) is 16.0 Å². The first-order valence-corrected chi connectivity index (χ1v) is 5.65. The lowest BCUT2D eigenvalue weighted by atomic mass is 10.1. The maximum atomic E-state index is 12.2. The van der Waals surface area contributed by atoms with E-state index >= 15 is 0 Å². The van der Waals surface area contributed by atoms with Gasteiger partial charge in [0.05, 0.1) is 12.8 Å². The van der Waals surface area contributed by atoms with E-state index < -0.39 is 6.04 Å². The quantitative estimate of drug-likeness (QED) is 0.830. The number of fused-ring (bicyclic) bond motifs is 1. The lowest BCUT2D eigenvalue weighted by Crippen LogP contribution is -2.41. The zero-order valence-electron chi connectivity index (χ0n) is 10.0. The SMILES string of the molecule is CNC1C(=O)N(CC(C)=O)CCc2ccoc21. The average Bonchev–Trinajstić information content (AvgIpc) is 2.68. The third-order valence-electron chi connectivity index (χ3n) is 2.95. The molecule has 5 heteroatoms. The maximum absolute atomic E-state index is 12.2. The van der Waals surface area contributed by atoms with Gasteiger partial charge in [0, 0.05) is 6.54 Å². The Bertz CT molecular complexity index is 439. The summed E-state index contributed by atoms with van der Waals surface area (Å²) in [6.45, 7) is 2.22. The van der Waals surface area contributed by atoms with Crippen LogP contribution in [0, 0.1) is 0 Å². The van der Waals surface area contributed by atoms with Crippen LogP contribution in [0.3, 0.4) is 0 Å². The number of amides is 1. The fraction of sp³-hybridized carbons (Fsp3) is 0.500. The number of likely N-dealkylation sites (N-methyl/N-ethyl adjacent to an activating group) is 1. The van der Waals surface area contributed by atoms with Crippen LogP contribution in [0.5, 0.6) is 0 Å². The summed E-state index contributed by atoms with van der Waals surface area (Å²) >= 11 is 0. The van der Waals surface area contributed by atoms with Crippen LogP contribution in [0.2, 0.25) is 0 Å². The summed E-state index contributed by atoms with van der Waals surface area (Å²) in [7, 11) is 1.71. The van der Waals surface area contributed by atoms with Crippen LogP contribution in [0.15, 0.2) is 16.7 Å². The lowest BCUT2D eigenvalue weighted by Gasteiger charge is -2.22. The number of nitrogens with zero attached hydrogens (tertiary/aromatic N) is 1. The molecule has 92 valence electrons. The van der Waals surface area contributed by atoms with Crippen molar-refractivity contribution in [2.24, 2.45) is 0 Å².